The van der Waals surface area contributed by atoms with Crippen LogP contribution in [0.4, 0.5) is 0 Å². The van der Waals surface area contributed by atoms with Crippen molar-refractivity contribution in [2.45, 2.75) is 35.6 Å². The average Bonchev–Trinajstić information content (AvgIpc) is 3.59. The van der Waals surface area contributed by atoms with E-state index in [-0.39, 0.29) is 0 Å². The zero-order valence-corrected chi connectivity index (χ0v) is 28.0. The van der Waals surface area contributed by atoms with Crippen molar-refractivity contribution in [2.24, 2.45) is 0 Å². The second-order valence-corrected chi connectivity index (χ2v) is 31.1. The standard InChI is InChI=1S/C29H19S4.3CH3.Sn/c1-15-4-6-22-18(10-15)13-24(32-22)26-20-8-9-30-28(20)29-21(12-17(3)31-29)27(26)25-14-19-11-16(2)5-7-23(19)33-25;;;;/h4-8,10-14H,1-3H3;3*1H3;. The predicted octanol–water partition coefficient (Wildman–Crippen LogP) is 11.3. The topological polar surface area (TPSA) is 0 Å². The Bertz CT molecular complexity index is 2000. The van der Waals surface area contributed by atoms with Crippen LogP contribution in [-0.2, 0) is 0 Å². The summed E-state index contributed by atoms with van der Waals surface area (Å²) in [4.78, 5) is 11.8. The van der Waals surface area contributed by atoms with Crippen LogP contribution in [0.3, 0.4) is 0 Å². The van der Waals surface area contributed by atoms with Gasteiger partial charge in [-0.3, -0.25) is 0 Å². The molecule has 0 aliphatic carbocycles. The monoisotopic (exact) mass is 660 g/mol. The van der Waals surface area contributed by atoms with Gasteiger partial charge in [0, 0.05) is 0 Å². The molecule has 0 aliphatic heterocycles. The van der Waals surface area contributed by atoms with Crippen LogP contribution in [0, 0.1) is 20.8 Å². The van der Waals surface area contributed by atoms with Gasteiger partial charge in [0.25, 0.3) is 0 Å². The Morgan fingerprint density at radius 1 is 0.541 bits per heavy atom. The van der Waals surface area contributed by atoms with Crippen molar-refractivity contribution in [1.29, 1.82) is 0 Å². The third kappa shape index (κ3) is 4.02. The molecule has 5 heteroatoms. The van der Waals surface area contributed by atoms with E-state index in [9.17, 15) is 0 Å². The van der Waals surface area contributed by atoms with Crippen LogP contribution >= 0.6 is 45.3 Å². The van der Waals surface area contributed by atoms with Gasteiger partial charge in [-0.25, -0.2) is 0 Å². The second-order valence-electron chi connectivity index (χ2n) is 11.3. The summed E-state index contributed by atoms with van der Waals surface area (Å²) >= 11 is 5.70. The van der Waals surface area contributed by atoms with Gasteiger partial charge in [0.2, 0.25) is 0 Å². The van der Waals surface area contributed by atoms with E-state index in [2.05, 4.69) is 108 Å². The summed E-state index contributed by atoms with van der Waals surface area (Å²) in [5.74, 6) is 0. The molecular formula is C32H28S4Sn. The van der Waals surface area contributed by atoms with Gasteiger partial charge in [-0.05, 0) is 0 Å². The van der Waals surface area contributed by atoms with E-state index in [1.807, 2.05) is 34.0 Å². The third-order valence-electron chi connectivity index (χ3n) is 7.16. The van der Waals surface area contributed by atoms with Crippen molar-refractivity contribution in [1.82, 2.24) is 0 Å². The Balaban J connectivity index is 1.66. The van der Waals surface area contributed by atoms with Gasteiger partial charge in [-0.1, -0.05) is 0 Å². The molecular weight excluding hydrogens is 631 g/mol. The van der Waals surface area contributed by atoms with Crippen LogP contribution in [0.2, 0.25) is 14.8 Å². The van der Waals surface area contributed by atoms with Gasteiger partial charge in [0.1, 0.15) is 0 Å². The van der Waals surface area contributed by atoms with E-state index in [0.29, 0.717) is 0 Å². The minimum absolute atomic E-state index is 1.32. The van der Waals surface area contributed by atoms with Crippen LogP contribution in [0.15, 0.2) is 60.7 Å². The SMILES string of the molecule is Cc1ccc2sc(-c3c(-c4cc5cc(C)ccc5s4)c4c[c]([Sn]([CH3])([CH3])[CH3])sc4c4sc(C)cc34)cc2c1. The Morgan fingerprint density at radius 2 is 1.05 bits per heavy atom. The summed E-state index contributed by atoms with van der Waals surface area (Å²) in [7, 11) is 0. The summed E-state index contributed by atoms with van der Waals surface area (Å²) in [6.07, 6.45) is 0. The molecule has 0 bridgehead atoms. The number of aryl methyl sites for hydroxylation is 3. The molecule has 0 amide bonds. The summed E-state index contributed by atoms with van der Waals surface area (Å²) < 4.78 is 7.39. The third-order valence-corrected chi connectivity index (χ3v) is 21.2. The fraction of sp³-hybridized carbons (Fsp3) is 0.188. The van der Waals surface area contributed by atoms with Crippen molar-refractivity contribution in [3.8, 4) is 20.9 Å². The molecule has 0 saturated heterocycles. The van der Waals surface area contributed by atoms with Gasteiger partial charge in [-0.2, -0.15) is 0 Å². The zero-order valence-electron chi connectivity index (χ0n) is 21.9. The Morgan fingerprint density at radius 3 is 1.59 bits per heavy atom. The van der Waals surface area contributed by atoms with E-state index in [4.69, 9.17) is 0 Å². The first-order valence-electron chi connectivity index (χ1n) is 12.7. The maximum absolute atomic E-state index is 2.59. The predicted molar refractivity (Wildman–Crippen MR) is 176 cm³/mol. The van der Waals surface area contributed by atoms with Crippen molar-refractivity contribution in [3.63, 3.8) is 0 Å². The Labute approximate surface area is 238 Å². The molecule has 0 radical (unpaired) electrons. The normalized spacial score (nSPS) is 12.6. The van der Waals surface area contributed by atoms with Crippen molar-refractivity contribution in [2.75, 3.05) is 0 Å². The van der Waals surface area contributed by atoms with E-state index in [1.54, 1.807) is 2.89 Å². The molecule has 4 heterocycles. The quantitative estimate of drug-likeness (QED) is 0.166. The van der Waals surface area contributed by atoms with Gasteiger partial charge >= 0.3 is 240 Å². The van der Waals surface area contributed by atoms with E-state index < -0.39 is 18.4 Å². The molecule has 37 heavy (non-hydrogen) atoms. The molecule has 0 atom stereocenters. The number of benzene rings is 3. The zero-order chi connectivity index (χ0) is 25.6. The fourth-order valence-electron chi connectivity index (χ4n) is 5.34. The van der Waals surface area contributed by atoms with E-state index in [0.717, 1.165) is 0 Å². The van der Waals surface area contributed by atoms with Gasteiger partial charge < -0.3 is 0 Å². The summed E-state index contributed by atoms with van der Waals surface area (Å²) in [6.45, 7) is 6.66. The van der Waals surface area contributed by atoms with Crippen molar-refractivity contribution in [3.05, 3.63) is 76.7 Å². The minimum atomic E-state index is -2.27. The van der Waals surface area contributed by atoms with Crippen molar-refractivity contribution < 1.29 is 0 Å². The van der Waals surface area contributed by atoms with Gasteiger partial charge in [0.05, 0.1) is 0 Å². The number of rotatable bonds is 3. The molecule has 0 nitrogen and oxygen atoms in total. The molecule has 7 aromatic rings. The van der Waals surface area contributed by atoms with Gasteiger partial charge in [-0.15, -0.1) is 0 Å². The molecule has 4 aromatic heterocycles. The number of hydrogen-bond acceptors (Lipinski definition) is 4. The van der Waals surface area contributed by atoms with E-state index in [1.165, 1.54) is 77.2 Å². The van der Waals surface area contributed by atoms with Crippen LogP contribution < -0.4 is 2.89 Å². The molecule has 0 aliphatic rings. The molecule has 0 N–H and O–H groups in total. The molecule has 0 unspecified atom stereocenters. The van der Waals surface area contributed by atoms with Crippen LogP contribution in [0.25, 0.3) is 61.2 Å². The first kappa shape index (κ1) is 24.3. The van der Waals surface area contributed by atoms with Crippen molar-refractivity contribution >= 4 is 107 Å². The summed E-state index contributed by atoms with van der Waals surface area (Å²) in [5, 5.41) is 5.61. The molecule has 7 rings (SSSR count). The number of fused-ring (bicyclic) bond motifs is 5. The average molecular weight is 660 g/mol. The van der Waals surface area contributed by atoms with Gasteiger partial charge in [0.15, 0.2) is 0 Å². The Hall–Kier alpha value is -1.70. The van der Waals surface area contributed by atoms with Crippen LogP contribution in [-0.4, -0.2) is 18.4 Å². The second kappa shape index (κ2) is 8.65. The molecule has 3 aromatic carbocycles. The molecule has 0 fully saturated rings. The number of hydrogen-bond donors (Lipinski definition) is 0. The summed E-state index contributed by atoms with van der Waals surface area (Å²) in [6, 6.07) is 23.7. The first-order chi connectivity index (χ1) is 17.7. The van der Waals surface area contributed by atoms with Crippen LogP contribution in [0.5, 0.6) is 0 Å². The molecule has 0 spiro atoms. The maximum atomic E-state index is 2.59. The molecule has 184 valence electrons. The van der Waals surface area contributed by atoms with Crippen LogP contribution in [0.1, 0.15) is 16.0 Å². The fourth-order valence-corrected chi connectivity index (χ4v) is 15.1. The Kier molecular flexibility index (Phi) is 5.69. The first-order valence-corrected chi connectivity index (χ1v) is 25.9. The van der Waals surface area contributed by atoms with E-state index >= 15 is 0 Å². The molecule has 0 saturated carbocycles. The summed E-state index contributed by atoms with van der Waals surface area (Å²) in [5.41, 5.74) is 5.53. The number of thiophene rings is 4.